The minimum absolute atomic E-state index is 0.213. The Kier molecular flexibility index (Phi) is 3.31. The number of carbonyl (C=O) groups is 1. The Bertz CT molecular complexity index is 186. The molecule has 4 heteroatoms. The summed E-state index contributed by atoms with van der Waals surface area (Å²) in [7, 11) is 1.35. The van der Waals surface area contributed by atoms with E-state index in [9.17, 15) is 9.18 Å². The Hall–Kier alpha value is 0.130. The van der Waals surface area contributed by atoms with Crippen LogP contribution in [-0.2, 0) is 9.53 Å². The topological polar surface area (TPSA) is 26.3 Å². The zero-order chi connectivity index (χ0) is 9.19. The van der Waals surface area contributed by atoms with E-state index in [2.05, 4.69) is 4.74 Å². The fraction of sp³-hybridized carbons (Fsp3) is 0.875. The Balaban J connectivity index is 2.50. The van der Waals surface area contributed by atoms with Gasteiger partial charge in [0.05, 0.1) is 13.0 Å². The van der Waals surface area contributed by atoms with Gasteiger partial charge >= 0.3 is 5.97 Å². The van der Waals surface area contributed by atoms with Crippen LogP contribution in [0.25, 0.3) is 0 Å². The highest BCUT2D eigenvalue weighted by Gasteiger charge is 2.41. The third-order valence-corrected chi connectivity index (χ3v) is 3.69. The van der Waals surface area contributed by atoms with Crippen LogP contribution in [0.15, 0.2) is 0 Å². The van der Waals surface area contributed by atoms with Crippen LogP contribution in [0, 0.1) is 5.92 Å². The lowest BCUT2D eigenvalue weighted by molar-refractivity contribution is -0.145. The van der Waals surface area contributed by atoms with Crippen LogP contribution < -0.4 is 0 Å². The molecule has 1 aliphatic carbocycles. The minimum Gasteiger partial charge on any atom is -0.469 e. The van der Waals surface area contributed by atoms with Gasteiger partial charge in [-0.1, -0.05) is 22.6 Å². The van der Waals surface area contributed by atoms with Gasteiger partial charge in [-0.25, -0.2) is 4.39 Å². The fourth-order valence-corrected chi connectivity index (χ4v) is 2.26. The first-order valence-corrected chi connectivity index (χ1v) is 5.46. The molecule has 0 amide bonds. The summed E-state index contributed by atoms with van der Waals surface area (Å²) in [6, 6.07) is 0. The molecular formula is C8H12FIO2. The first-order valence-electron chi connectivity index (χ1n) is 3.94. The molecule has 1 saturated carbocycles. The van der Waals surface area contributed by atoms with Gasteiger partial charge in [0.25, 0.3) is 0 Å². The van der Waals surface area contributed by atoms with Crippen molar-refractivity contribution in [2.75, 3.05) is 11.5 Å². The van der Waals surface area contributed by atoms with Gasteiger partial charge in [-0.15, -0.1) is 0 Å². The highest BCUT2D eigenvalue weighted by atomic mass is 127. The van der Waals surface area contributed by atoms with Crippen LogP contribution >= 0.6 is 22.6 Å². The van der Waals surface area contributed by atoms with E-state index in [-0.39, 0.29) is 11.9 Å². The van der Waals surface area contributed by atoms with Gasteiger partial charge in [-0.05, 0) is 19.3 Å². The molecule has 2 atom stereocenters. The molecule has 1 fully saturated rings. The van der Waals surface area contributed by atoms with Crippen molar-refractivity contribution in [1.29, 1.82) is 0 Å². The molecule has 0 unspecified atom stereocenters. The van der Waals surface area contributed by atoms with Gasteiger partial charge in [0.2, 0.25) is 0 Å². The second-order valence-electron chi connectivity index (χ2n) is 3.25. The molecule has 0 bridgehead atoms. The van der Waals surface area contributed by atoms with E-state index < -0.39 is 5.67 Å². The minimum atomic E-state index is -1.13. The van der Waals surface area contributed by atoms with E-state index in [0.717, 1.165) is 0 Å². The normalized spacial score (nSPS) is 35.1. The van der Waals surface area contributed by atoms with Crippen LogP contribution in [0.5, 0.6) is 0 Å². The van der Waals surface area contributed by atoms with Crippen LogP contribution in [0.4, 0.5) is 4.39 Å². The van der Waals surface area contributed by atoms with Gasteiger partial charge < -0.3 is 4.74 Å². The molecule has 0 saturated heterocycles. The maximum atomic E-state index is 13.6. The van der Waals surface area contributed by atoms with Gasteiger partial charge in [0.15, 0.2) is 0 Å². The van der Waals surface area contributed by atoms with Gasteiger partial charge in [-0.2, -0.15) is 0 Å². The summed E-state index contributed by atoms with van der Waals surface area (Å²) in [6.45, 7) is 0. The lowest BCUT2D eigenvalue weighted by Crippen LogP contribution is -2.22. The molecule has 0 aromatic rings. The van der Waals surface area contributed by atoms with Crippen molar-refractivity contribution in [3.05, 3.63) is 0 Å². The van der Waals surface area contributed by atoms with Crippen molar-refractivity contribution in [1.82, 2.24) is 0 Å². The Morgan fingerprint density at radius 3 is 2.92 bits per heavy atom. The van der Waals surface area contributed by atoms with Crippen LogP contribution in [0.1, 0.15) is 19.3 Å². The van der Waals surface area contributed by atoms with Crippen molar-refractivity contribution in [3.63, 3.8) is 0 Å². The summed E-state index contributed by atoms with van der Waals surface area (Å²) < 4.78 is 18.6. The lowest BCUT2D eigenvalue weighted by atomic mass is 10.0. The lowest BCUT2D eigenvalue weighted by Gasteiger charge is -2.15. The summed E-state index contributed by atoms with van der Waals surface area (Å²) in [5.74, 6) is -0.478. The second-order valence-corrected chi connectivity index (χ2v) is 4.01. The SMILES string of the molecule is COC(=O)[C@H]1CC[C@](F)(CI)C1. The molecule has 12 heavy (non-hydrogen) atoms. The molecule has 0 aliphatic heterocycles. The number of alkyl halides is 2. The number of methoxy groups -OCH3 is 1. The number of hydrogen-bond acceptors (Lipinski definition) is 2. The summed E-state index contributed by atoms with van der Waals surface area (Å²) >= 11 is 2.02. The predicted octanol–water partition coefficient (Wildman–Crippen LogP) is 2.10. The highest BCUT2D eigenvalue weighted by Crippen LogP contribution is 2.39. The number of halogens is 2. The zero-order valence-corrected chi connectivity index (χ0v) is 9.14. The van der Waals surface area contributed by atoms with Gasteiger partial charge in [0.1, 0.15) is 5.67 Å². The van der Waals surface area contributed by atoms with Crippen molar-refractivity contribution in [2.45, 2.75) is 24.9 Å². The number of esters is 1. The molecule has 2 nitrogen and oxygen atoms in total. The zero-order valence-electron chi connectivity index (χ0n) is 6.98. The molecule has 0 N–H and O–H groups in total. The van der Waals surface area contributed by atoms with E-state index in [4.69, 9.17) is 0 Å². The quantitative estimate of drug-likeness (QED) is 0.441. The van der Waals surface area contributed by atoms with Crippen molar-refractivity contribution < 1.29 is 13.9 Å². The first-order chi connectivity index (χ1) is 5.61. The van der Waals surface area contributed by atoms with Crippen molar-refractivity contribution >= 4 is 28.6 Å². The molecule has 0 heterocycles. The standard InChI is InChI=1S/C8H12FIO2/c1-12-7(11)6-2-3-8(9,4-6)5-10/h6H,2-5H2,1H3/t6-,8+/m0/s1. The van der Waals surface area contributed by atoms with Crippen LogP contribution in [0.2, 0.25) is 0 Å². The molecule has 1 aliphatic rings. The first kappa shape index (κ1) is 10.2. The fourth-order valence-electron chi connectivity index (χ4n) is 1.57. The van der Waals surface area contributed by atoms with Crippen LogP contribution in [0.3, 0.4) is 0 Å². The maximum absolute atomic E-state index is 13.6. The Morgan fingerprint density at radius 2 is 2.50 bits per heavy atom. The van der Waals surface area contributed by atoms with Crippen LogP contribution in [-0.4, -0.2) is 23.2 Å². The molecule has 0 spiro atoms. The van der Waals surface area contributed by atoms with Crippen molar-refractivity contribution in [3.8, 4) is 0 Å². The Labute approximate surface area is 85.0 Å². The van der Waals surface area contributed by atoms with E-state index in [1.54, 1.807) is 0 Å². The molecule has 70 valence electrons. The maximum Gasteiger partial charge on any atom is 0.308 e. The van der Waals surface area contributed by atoms with E-state index in [1.165, 1.54) is 7.11 Å². The number of rotatable bonds is 2. The number of carbonyl (C=O) groups excluding carboxylic acids is 1. The molecule has 0 aromatic carbocycles. The smallest absolute Gasteiger partial charge is 0.308 e. The molecule has 1 rings (SSSR count). The van der Waals surface area contributed by atoms with Gasteiger partial charge in [0, 0.05) is 4.43 Å². The summed E-state index contributed by atoms with van der Waals surface area (Å²) in [5, 5.41) is 0. The third-order valence-electron chi connectivity index (χ3n) is 2.33. The number of ether oxygens (including phenoxy) is 1. The highest BCUT2D eigenvalue weighted by molar-refractivity contribution is 14.1. The predicted molar refractivity (Wildman–Crippen MR) is 52.1 cm³/mol. The van der Waals surface area contributed by atoms with E-state index in [1.807, 2.05) is 22.6 Å². The monoisotopic (exact) mass is 286 g/mol. The largest absolute Gasteiger partial charge is 0.469 e. The summed E-state index contributed by atoms with van der Waals surface area (Å²) in [4.78, 5) is 11.0. The van der Waals surface area contributed by atoms with E-state index >= 15 is 0 Å². The average molecular weight is 286 g/mol. The van der Waals surface area contributed by atoms with Gasteiger partial charge in [-0.3, -0.25) is 4.79 Å². The number of hydrogen-bond donors (Lipinski definition) is 0. The summed E-state index contributed by atoms with van der Waals surface area (Å²) in [5.41, 5.74) is -1.13. The van der Waals surface area contributed by atoms with Crippen molar-refractivity contribution in [2.24, 2.45) is 5.92 Å². The van der Waals surface area contributed by atoms with E-state index in [0.29, 0.717) is 23.7 Å². The molecule has 0 aromatic heterocycles. The third kappa shape index (κ3) is 2.08. The average Bonchev–Trinajstić information content (AvgIpc) is 2.48. The Morgan fingerprint density at radius 1 is 1.83 bits per heavy atom. The molecule has 0 radical (unpaired) electrons. The second kappa shape index (κ2) is 3.89. The molecular weight excluding hydrogens is 274 g/mol. The summed E-state index contributed by atoms with van der Waals surface area (Å²) in [6.07, 6.45) is 1.46.